The fourth-order valence-corrected chi connectivity index (χ4v) is 6.82. The molecule has 0 aliphatic heterocycles. The highest BCUT2D eigenvalue weighted by Crippen LogP contribution is 2.35. The topological polar surface area (TPSA) is 92.3 Å². The Morgan fingerprint density at radius 3 is 0.864 bits per heavy atom. The van der Waals surface area contributed by atoms with Gasteiger partial charge in [-0.1, -0.05) is 60.7 Å². The second-order valence-corrected chi connectivity index (χ2v) is 12.1. The first-order valence-electron chi connectivity index (χ1n) is 11.7. The van der Waals surface area contributed by atoms with E-state index in [1.54, 1.807) is 9.44 Å². The number of halogens is 10. The van der Waals surface area contributed by atoms with E-state index in [1.165, 1.54) is 36.4 Å². The van der Waals surface area contributed by atoms with Crippen molar-refractivity contribution >= 4 is 20.0 Å². The first kappa shape index (κ1) is 32.9. The van der Waals surface area contributed by atoms with Gasteiger partial charge in [-0.05, 0) is 11.1 Å². The molecule has 0 radical (unpaired) electrons. The lowest BCUT2D eigenvalue weighted by Gasteiger charge is -2.30. The molecule has 0 unspecified atom stereocenters. The van der Waals surface area contributed by atoms with Crippen LogP contribution in [0.1, 0.15) is 23.2 Å². The van der Waals surface area contributed by atoms with Crippen molar-refractivity contribution in [1.29, 1.82) is 0 Å². The van der Waals surface area contributed by atoms with Gasteiger partial charge in [0.25, 0.3) is 0 Å². The monoisotopic (exact) mass is 672 g/mol. The van der Waals surface area contributed by atoms with Gasteiger partial charge in [0.15, 0.2) is 56.3 Å². The van der Waals surface area contributed by atoms with Gasteiger partial charge in [-0.25, -0.2) is 70.2 Å². The number of sulfonamides is 2. The Balaban J connectivity index is 1.95. The average Bonchev–Trinajstić information content (AvgIpc) is 2.99. The van der Waals surface area contributed by atoms with Crippen molar-refractivity contribution in [1.82, 2.24) is 9.44 Å². The Labute approximate surface area is 242 Å². The summed E-state index contributed by atoms with van der Waals surface area (Å²) in [5, 5.41) is 0. The van der Waals surface area contributed by atoms with Crippen LogP contribution >= 0.6 is 0 Å². The van der Waals surface area contributed by atoms with Crippen LogP contribution in [0.25, 0.3) is 0 Å². The summed E-state index contributed by atoms with van der Waals surface area (Å²) in [5.41, 5.74) is -0.539. The lowest BCUT2D eigenvalue weighted by atomic mass is 9.95. The Morgan fingerprint density at radius 1 is 0.386 bits per heavy atom. The average molecular weight is 673 g/mol. The zero-order chi connectivity index (χ0) is 32.7. The summed E-state index contributed by atoms with van der Waals surface area (Å²) in [6, 6.07) is 7.86. The molecule has 0 aliphatic carbocycles. The molecule has 6 nitrogen and oxygen atoms in total. The van der Waals surface area contributed by atoms with Gasteiger partial charge in [-0.3, -0.25) is 0 Å². The van der Waals surface area contributed by atoms with Crippen LogP contribution in [0.3, 0.4) is 0 Å². The van der Waals surface area contributed by atoms with Crippen LogP contribution in [0.4, 0.5) is 43.9 Å². The van der Waals surface area contributed by atoms with Crippen LogP contribution in [0, 0.1) is 58.2 Å². The summed E-state index contributed by atoms with van der Waals surface area (Å²) in [4.78, 5) is -4.71. The highest BCUT2D eigenvalue weighted by Gasteiger charge is 2.40. The van der Waals surface area contributed by atoms with Gasteiger partial charge < -0.3 is 0 Å². The van der Waals surface area contributed by atoms with E-state index in [0.717, 1.165) is 24.3 Å². The zero-order valence-corrected chi connectivity index (χ0v) is 22.8. The SMILES string of the molecule is O=S(=O)(N[C@H](c1ccccc1)[C@H](NS(=O)(=O)c1c(F)c(F)c(F)c(F)c1F)c1ccccc1)c1c(F)c(F)c(F)c(F)c1F. The second-order valence-electron chi connectivity index (χ2n) is 8.82. The molecule has 4 aromatic carbocycles. The molecule has 0 fully saturated rings. The summed E-state index contributed by atoms with van der Waals surface area (Å²) in [7, 11) is -11.7. The van der Waals surface area contributed by atoms with E-state index >= 15 is 0 Å². The summed E-state index contributed by atoms with van der Waals surface area (Å²) < 4.78 is 197. The molecular weight excluding hydrogens is 658 g/mol. The molecule has 2 N–H and O–H groups in total. The summed E-state index contributed by atoms with van der Waals surface area (Å²) in [6.45, 7) is 0. The molecule has 0 heterocycles. The number of benzene rings is 4. The minimum absolute atomic E-state index is 0.270. The molecular formula is C26H14F10N2O4S2. The third kappa shape index (κ3) is 5.89. The maximum Gasteiger partial charge on any atom is 0.247 e. The smallest absolute Gasteiger partial charge is 0.207 e. The molecule has 0 saturated heterocycles. The van der Waals surface area contributed by atoms with Gasteiger partial charge in [0.2, 0.25) is 31.7 Å². The van der Waals surface area contributed by atoms with Crippen molar-refractivity contribution < 1.29 is 60.7 Å². The van der Waals surface area contributed by atoms with Crippen molar-refractivity contribution in [3.63, 3.8) is 0 Å². The highest BCUT2D eigenvalue weighted by atomic mass is 32.2. The Bertz CT molecular complexity index is 1760. The van der Waals surface area contributed by atoms with E-state index < -0.39 is 100 Å². The zero-order valence-electron chi connectivity index (χ0n) is 21.2. The van der Waals surface area contributed by atoms with E-state index in [1.807, 2.05) is 0 Å². The number of rotatable bonds is 9. The maximum absolute atomic E-state index is 14.5. The third-order valence-electron chi connectivity index (χ3n) is 6.09. The fourth-order valence-electron chi connectivity index (χ4n) is 4.07. The Kier molecular flexibility index (Phi) is 9.11. The molecule has 2 atom stereocenters. The van der Waals surface area contributed by atoms with E-state index in [2.05, 4.69) is 0 Å². The first-order valence-corrected chi connectivity index (χ1v) is 14.6. The molecule has 44 heavy (non-hydrogen) atoms. The molecule has 0 spiro atoms. The van der Waals surface area contributed by atoms with Crippen molar-refractivity contribution in [2.24, 2.45) is 0 Å². The summed E-state index contributed by atoms with van der Waals surface area (Å²) in [5.74, 6) is -27.0. The summed E-state index contributed by atoms with van der Waals surface area (Å²) >= 11 is 0. The second kappa shape index (κ2) is 12.2. The van der Waals surface area contributed by atoms with Gasteiger partial charge in [-0.15, -0.1) is 0 Å². The fraction of sp³-hybridized carbons (Fsp3) is 0.0769. The quantitative estimate of drug-likeness (QED) is 0.133. The van der Waals surface area contributed by atoms with E-state index in [-0.39, 0.29) is 11.1 Å². The van der Waals surface area contributed by atoms with Crippen LogP contribution in [0.5, 0.6) is 0 Å². The van der Waals surface area contributed by atoms with Crippen LogP contribution in [0.15, 0.2) is 70.5 Å². The van der Waals surface area contributed by atoms with E-state index in [4.69, 9.17) is 0 Å². The number of nitrogens with one attached hydrogen (secondary N) is 2. The molecule has 0 aromatic heterocycles. The number of hydrogen-bond donors (Lipinski definition) is 2. The number of hydrogen-bond acceptors (Lipinski definition) is 4. The molecule has 0 aliphatic rings. The van der Waals surface area contributed by atoms with Crippen LogP contribution < -0.4 is 9.44 Å². The molecule has 0 saturated carbocycles. The third-order valence-corrected chi connectivity index (χ3v) is 9.01. The van der Waals surface area contributed by atoms with Crippen molar-refractivity contribution in [2.45, 2.75) is 21.9 Å². The minimum atomic E-state index is -5.84. The van der Waals surface area contributed by atoms with Gasteiger partial charge in [0, 0.05) is 0 Å². The van der Waals surface area contributed by atoms with Gasteiger partial charge in [0.1, 0.15) is 0 Å². The van der Waals surface area contributed by atoms with E-state index in [9.17, 15) is 60.7 Å². The summed E-state index contributed by atoms with van der Waals surface area (Å²) in [6.07, 6.45) is 0. The lowest BCUT2D eigenvalue weighted by molar-refractivity contribution is 0.354. The first-order chi connectivity index (χ1) is 20.5. The molecule has 4 aromatic rings. The minimum Gasteiger partial charge on any atom is -0.207 e. The van der Waals surface area contributed by atoms with Crippen LogP contribution in [-0.4, -0.2) is 16.8 Å². The molecule has 234 valence electrons. The lowest BCUT2D eigenvalue weighted by Crippen LogP contribution is -2.41. The van der Waals surface area contributed by atoms with Gasteiger partial charge in [-0.2, -0.15) is 0 Å². The van der Waals surface area contributed by atoms with Crippen molar-refractivity contribution in [3.8, 4) is 0 Å². The maximum atomic E-state index is 14.5. The van der Waals surface area contributed by atoms with Gasteiger partial charge in [0.05, 0.1) is 12.1 Å². The predicted octanol–water partition coefficient (Wildman–Crippen LogP) is 5.82. The molecule has 18 heteroatoms. The standard InChI is InChI=1S/C26H14F10N2O4S2/c27-13-15(29)19(33)25(20(34)16(13)30)43(39,40)37-23(11-7-3-1-4-8-11)24(12-9-5-2-6-10-12)38-44(41,42)26-21(35)17(31)14(28)18(32)22(26)36/h1-10,23-24,37-38H/t23-,24-/m1/s1. The molecule has 0 amide bonds. The Morgan fingerprint density at radius 2 is 0.614 bits per heavy atom. The van der Waals surface area contributed by atoms with Crippen molar-refractivity contribution in [3.05, 3.63) is 130 Å². The molecule has 4 rings (SSSR count). The van der Waals surface area contributed by atoms with E-state index in [0.29, 0.717) is 0 Å². The van der Waals surface area contributed by atoms with Crippen LogP contribution in [-0.2, 0) is 20.0 Å². The largest absolute Gasteiger partial charge is 0.247 e. The molecule has 0 bridgehead atoms. The van der Waals surface area contributed by atoms with Crippen molar-refractivity contribution in [2.75, 3.05) is 0 Å². The van der Waals surface area contributed by atoms with Gasteiger partial charge >= 0.3 is 0 Å². The highest BCUT2D eigenvalue weighted by molar-refractivity contribution is 7.90. The normalized spacial score (nSPS) is 13.6. The van der Waals surface area contributed by atoms with Crippen LogP contribution in [0.2, 0.25) is 0 Å². The Hall–Kier alpha value is -4.00. The predicted molar refractivity (Wildman–Crippen MR) is 131 cm³/mol.